The van der Waals surface area contributed by atoms with Gasteiger partial charge >= 0.3 is 0 Å². The lowest BCUT2D eigenvalue weighted by Crippen LogP contribution is -2.50. The van der Waals surface area contributed by atoms with Crippen molar-refractivity contribution in [1.82, 2.24) is 19.8 Å². The van der Waals surface area contributed by atoms with Crippen molar-refractivity contribution in [3.8, 4) is 17.0 Å². The average molecular weight is 493 g/mol. The third-order valence-electron chi connectivity index (χ3n) is 6.38. The molecule has 2 amide bonds. The number of aliphatic hydroxyl groups is 1. The van der Waals surface area contributed by atoms with E-state index < -0.39 is 12.1 Å². The fourth-order valence-electron chi connectivity index (χ4n) is 4.16. The summed E-state index contributed by atoms with van der Waals surface area (Å²) in [7, 11) is 1.68. The number of halogens is 1. The summed E-state index contributed by atoms with van der Waals surface area (Å²) in [5, 5.41) is 9.83. The molecular formula is C27H29FN4O4. The van der Waals surface area contributed by atoms with Gasteiger partial charge in [0, 0.05) is 37.5 Å². The van der Waals surface area contributed by atoms with Crippen molar-refractivity contribution in [3.63, 3.8) is 0 Å². The average Bonchev–Trinajstić information content (AvgIpc) is 2.90. The van der Waals surface area contributed by atoms with Crippen molar-refractivity contribution < 1.29 is 23.8 Å². The number of pyridine rings is 2. The highest BCUT2D eigenvalue weighted by molar-refractivity contribution is 5.98. The highest BCUT2D eigenvalue weighted by Crippen LogP contribution is 2.30. The molecule has 9 heteroatoms. The van der Waals surface area contributed by atoms with E-state index in [4.69, 9.17) is 4.74 Å². The first-order valence-electron chi connectivity index (χ1n) is 11.8. The monoisotopic (exact) mass is 492 g/mol. The largest absolute Gasteiger partial charge is 0.472 e. The van der Waals surface area contributed by atoms with Crippen LogP contribution in [0, 0.1) is 11.7 Å². The molecule has 0 aliphatic carbocycles. The van der Waals surface area contributed by atoms with Gasteiger partial charge in [-0.25, -0.2) is 9.37 Å². The summed E-state index contributed by atoms with van der Waals surface area (Å²) in [6, 6.07) is 12.3. The van der Waals surface area contributed by atoms with Gasteiger partial charge in [-0.1, -0.05) is 25.1 Å². The molecule has 0 saturated carbocycles. The van der Waals surface area contributed by atoms with Crippen LogP contribution in [0.4, 0.5) is 4.39 Å². The van der Waals surface area contributed by atoms with Crippen LogP contribution in [0.15, 0.2) is 60.9 Å². The molecule has 0 spiro atoms. The minimum Gasteiger partial charge on any atom is -0.472 e. The Hall–Kier alpha value is -3.85. The number of hydrogen-bond acceptors (Lipinski definition) is 6. The van der Waals surface area contributed by atoms with Crippen LogP contribution in [0.25, 0.3) is 11.1 Å². The number of amides is 2. The van der Waals surface area contributed by atoms with Crippen molar-refractivity contribution in [2.24, 2.45) is 5.92 Å². The SMILES string of the molecule is C[C@@H]1CN([C@@H](C)CO)C(=O)c2cc(-c3ccc(F)cc3)cnc2O[C@@H]1CN(C)C(=O)c1ccccn1. The van der Waals surface area contributed by atoms with E-state index in [0.717, 1.165) is 0 Å². The summed E-state index contributed by atoms with van der Waals surface area (Å²) in [4.78, 5) is 38.2. The second kappa shape index (κ2) is 10.8. The molecule has 0 saturated heterocycles. The van der Waals surface area contributed by atoms with Gasteiger partial charge in [-0.05, 0) is 42.8 Å². The predicted octanol–water partition coefficient (Wildman–Crippen LogP) is 3.28. The second-order valence-electron chi connectivity index (χ2n) is 9.11. The predicted molar refractivity (Wildman–Crippen MR) is 132 cm³/mol. The smallest absolute Gasteiger partial charge is 0.272 e. The van der Waals surface area contributed by atoms with E-state index in [1.165, 1.54) is 12.1 Å². The van der Waals surface area contributed by atoms with Crippen LogP contribution in [0.1, 0.15) is 34.7 Å². The van der Waals surface area contributed by atoms with Crippen LogP contribution in [-0.4, -0.2) is 75.6 Å². The van der Waals surface area contributed by atoms with Gasteiger partial charge in [0.1, 0.15) is 23.2 Å². The molecule has 3 heterocycles. The third-order valence-corrected chi connectivity index (χ3v) is 6.38. The van der Waals surface area contributed by atoms with Crippen molar-refractivity contribution in [2.45, 2.75) is 26.0 Å². The van der Waals surface area contributed by atoms with Gasteiger partial charge < -0.3 is 19.6 Å². The minimum absolute atomic E-state index is 0.149. The molecule has 0 radical (unpaired) electrons. The Morgan fingerprint density at radius 3 is 2.64 bits per heavy atom. The molecule has 3 aromatic rings. The number of hydrogen-bond donors (Lipinski definition) is 1. The van der Waals surface area contributed by atoms with Gasteiger partial charge in [0.15, 0.2) is 0 Å². The number of benzene rings is 1. The van der Waals surface area contributed by atoms with Crippen LogP contribution in [0.3, 0.4) is 0 Å². The van der Waals surface area contributed by atoms with Gasteiger partial charge in [-0.2, -0.15) is 0 Å². The van der Waals surface area contributed by atoms with Crippen molar-refractivity contribution in [2.75, 3.05) is 26.7 Å². The first-order valence-corrected chi connectivity index (χ1v) is 11.8. The Kier molecular flexibility index (Phi) is 7.59. The summed E-state index contributed by atoms with van der Waals surface area (Å²) < 4.78 is 19.7. The lowest BCUT2D eigenvalue weighted by atomic mass is 9.99. The number of carbonyl (C=O) groups is 2. The third kappa shape index (κ3) is 5.36. The zero-order chi connectivity index (χ0) is 25.8. The maximum Gasteiger partial charge on any atom is 0.272 e. The van der Waals surface area contributed by atoms with Crippen molar-refractivity contribution in [1.29, 1.82) is 0 Å². The Bertz CT molecular complexity index is 1220. The number of ether oxygens (including phenoxy) is 1. The molecule has 1 aromatic carbocycles. The zero-order valence-electron chi connectivity index (χ0n) is 20.5. The Labute approximate surface area is 209 Å². The molecule has 0 bridgehead atoms. The number of fused-ring (bicyclic) bond motifs is 1. The molecular weight excluding hydrogens is 463 g/mol. The number of aromatic nitrogens is 2. The summed E-state index contributed by atoms with van der Waals surface area (Å²) in [5.74, 6) is -0.942. The van der Waals surface area contributed by atoms with E-state index >= 15 is 0 Å². The maximum atomic E-state index is 13.6. The van der Waals surface area contributed by atoms with E-state index in [9.17, 15) is 19.1 Å². The van der Waals surface area contributed by atoms with Crippen LogP contribution >= 0.6 is 0 Å². The lowest BCUT2D eigenvalue weighted by molar-refractivity contribution is 0.0312. The second-order valence-corrected chi connectivity index (χ2v) is 9.11. The zero-order valence-corrected chi connectivity index (χ0v) is 20.5. The van der Waals surface area contributed by atoms with Crippen molar-refractivity contribution >= 4 is 11.8 Å². The van der Waals surface area contributed by atoms with Crippen LogP contribution < -0.4 is 4.74 Å². The molecule has 2 aromatic heterocycles. The molecule has 0 unspecified atom stereocenters. The number of rotatable bonds is 6. The molecule has 188 valence electrons. The molecule has 4 rings (SSSR count). The molecule has 8 nitrogen and oxygen atoms in total. The van der Waals surface area contributed by atoms with E-state index in [-0.39, 0.29) is 48.1 Å². The van der Waals surface area contributed by atoms with E-state index in [2.05, 4.69) is 9.97 Å². The summed E-state index contributed by atoms with van der Waals surface area (Å²) in [6.45, 7) is 4.06. The van der Waals surface area contributed by atoms with Crippen molar-refractivity contribution in [3.05, 3.63) is 78.0 Å². The number of likely N-dealkylation sites (N-methyl/N-ethyl adjacent to an activating group) is 1. The normalized spacial score (nSPS) is 18.5. The fraction of sp³-hybridized carbons (Fsp3) is 0.333. The first-order chi connectivity index (χ1) is 17.3. The highest BCUT2D eigenvalue weighted by atomic mass is 19.1. The topological polar surface area (TPSA) is 95.9 Å². The Morgan fingerprint density at radius 2 is 1.97 bits per heavy atom. The van der Waals surface area contributed by atoms with Crippen LogP contribution in [-0.2, 0) is 0 Å². The van der Waals surface area contributed by atoms with Gasteiger partial charge in [-0.3, -0.25) is 14.6 Å². The van der Waals surface area contributed by atoms with Gasteiger partial charge in [0.05, 0.1) is 19.2 Å². The van der Waals surface area contributed by atoms with Gasteiger partial charge in [0.25, 0.3) is 11.8 Å². The lowest BCUT2D eigenvalue weighted by Gasteiger charge is -2.37. The van der Waals surface area contributed by atoms with Crippen LogP contribution in [0.5, 0.6) is 5.88 Å². The molecule has 1 aliphatic rings. The standard InChI is InChI=1S/C27H29FN4O4/c1-17-14-32(18(2)16-33)26(34)22-12-20(19-7-9-21(28)10-8-19)13-30-25(22)36-24(17)15-31(3)27(35)23-6-4-5-11-29-23/h4-13,17-18,24,33H,14-16H2,1-3H3/t17-,18+,24-/m1/s1. The number of nitrogens with zero attached hydrogens (tertiary/aromatic N) is 4. The summed E-state index contributed by atoms with van der Waals surface area (Å²) in [5.41, 5.74) is 1.91. The molecule has 1 N–H and O–H groups in total. The van der Waals surface area contributed by atoms with Gasteiger partial charge in [0.2, 0.25) is 5.88 Å². The minimum atomic E-state index is -0.480. The van der Waals surface area contributed by atoms with E-state index in [1.54, 1.807) is 72.6 Å². The van der Waals surface area contributed by atoms with Crippen LogP contribution in [0.2, 0.25) is 0 Å². The Morgan fingerprint density at radius 1 is 1.22 bits per heavy atom. The van der Waals surface area contributed by atoms with E-state index in [0.29, 0.717) is 23.4 Å². The molecule has 3 atom stereocenters. The molecule has 36 heavy (non-hydrogen) atoms. The summed E-state index contributed by atoms with van der Waals surface area (Å²) >= 11 is 0. The first kappa shape index (κ1) is 25.2. The van der Waals surface area contributed by atoms with E-state index in [1.807, 2.05) is 6.92 Å². The Balaban J connectivity index is 1.68. The quantitative estimate of drug-likeness (QED) is 0.568. The highest BCUT2D eigenvalue weighted by Gasteiger charge is 2.35. The summed E-state index contributed by atoms with van der Waals surface area (Å²) in [6.07, 6.45) is 2.66. The number of aliphatic hydroxyl groups excluding tert-OH is 1. The molecule has 1 aliphatic heterocycles. The fourth-order valence-corrected chi connectivity index (χ4v) is 4.16. The molecule has 0 fully saturated rings. The van der Waals surface area contributed by atoms with Gasteiger partial charge in [-0.15, -0.1) is 0 Å². The maximum absolute atomic E-state index is 13.6. The number of carbonyl (C=O) groups excluding carboxylic acids is 2.